The number of likely N-dealkylation sites (N-methyl/N-ethyl adjacent to an activating group) is 1. The fourth-order valence-electron chi connectivity index (χ4n) is 1.90. The van der Waals surface area contributed by atoms with E-state index in [1.54, 1.807) is 0 Å². The van der Waals surface area contributed by atoms with Gasteiger partial charge in [-0.05, 0) is 25.2 Å². The highest BCUT2D eigenvalue weighted by Crippen LogP contribution is 2.29. The van der Waals surface area contributed by atoms with E-state index in [9.17, 15) is 8.42 Å². The number of nitrogens with zero attached hydrogens (tertiary/aromatic N) is 1. The van der Waals surface area contributed by atoms with Crippen molar-refractivity contribution in [2.45, 2.75) is 11.0 Å². The van der Waals surface area contributed by atoms with Crippen LogP contribution in [0.1, 0.15) is 0 Å². The van der Waals surface area contributed by atoms with E-state index in [-0.39, 0.29) is 16.0 Å². The monoisotopic (exact) mass is 339 g/mol. The Labute approximate surface area is 127 Å². The molecule has 0 N–H and O–H groups in total. The van der Waals surface area contributed by atoms with Crippen LogP contribution in [0.5, 0.6) is 5.75 Å². The van der Waals surface area contributed by atoms with Crippen molar-refractivity contribution >= 4 is 31.3 Å². The molecular formula is C12H15Cl2NO4S. The summed E-state index contributed by atoms with van der Waals surface area (Å²) >= 11 is 5.98. The Hall–Kier alpha value is -0.530. The minimum Gasteiger partial charge on any atom is -0.489 e. The van der Waals surface area contributed by atoms with Crippen LogP contribution < -0.4 is 4.74 Å². The minimum atomic E-state index is -3.78. The summed E-state index contributed by atoms with van der Waals surface area (Å²) in [5, 5.41) is 0.205. The zero-order valence-electron chi connectivity index (χ0n) is 10.9. The molecule has 1 aromatic carbocycles. The maximum Gasteiger partial charge on any atom is 0.261 e. The number of ether oxygens (including phenoxy) is 2. The van der Waals surface area contributed by atoms with Gasteiger partial charge < -0.3 is 14.4 Å². The smallest absolute Gasteiger partial charge is 0.261 e. The summed E-state index contributed by atoms with van der Waals surface area (Å²) < 4.78 is 33.5. The van der Waals surface area contributed by atoms with Crippen LogP contribution in [0, 0.1) is 0 Å². The molecule has 1 unspecified atom stereocenters. The summed E-state index contributed by atoms with van der Waals surface area (Å²) in [4.78, 5) is 2.10. The second-order valence-electron chi connectivity index (χ2n) is 4.60. The summed E-state index contributed by atoms with van der Waals surface area (Å²) in [6.45, 7) is 2.71. The zero-order valence-corrected chi connectivity index (χ0v) is 13.2. The van der Waals surface area contributed by atoms with Crippen LogP contribution in [0.3, 0.4) is 0 Å². The summed E-state index contributed by atoms with van der Waals surface area (Å²) in [5.74, 6) is 0.410. The van der Waals surface area contributed by atoms with Crippen molar-refractivity contribution in [3.05, 3.63) is 23.2 Å². The Morgan fingerprint density at radius 3 is 2.85 bits per heavy atom. The number of hydrogen-bond donors (Lipinski definition) is 0. The Kier molecular flexibility index (Phi) is 5.14. The van der Waals surface area contributed by atoms with E-state index in [0.717, 1.165) is 13.1 Å². The van der Waals surface area contributed by atoms with Gasteiger partial charge in [-0.3, -0.25) is 0 Å². The van der Waals surface area contributed by atoms with Gasteiger partial charge in [0.25, 0.3) is 9.05 Å². The van der Waals surface area contributed by atoms with Crippen LogP contribution in [0.4, 0.5) is 0 Å². The first kappa shape index (κ1) is 15.9. The molecule has 1 aromatic rings. The molecule has 1 aliphatic heterocycles. The number of morpholine rings is 1. The topological polar surface area (TPSA) is 55.8 Å². The van der Waals surface area contributed by atoms with Crippen molar-refractivity contribution in [3.8, 4) is 5.75 Å². The lowest BCUT2D eigenvalue weighted by molar-refractivity contribution is -0.0403. The molecule has 2 rings (SSSR count). The number of halogens is 2. The highest BCUT2D eigenvalue weighted by atomic mass is 35.7. The molecule has 8 heteroatoms. The second kappa shape index (κ2) is 6.49. The average molecular weight is 340 g/mol. The Bertz CT molecular complexity index is 579. The number of hydrogen-bond acceptors (Lipinski definition) is 5. The summed E-state index contributed by atoms with van der Waals surface area (Å²) in [5.41, 5.74) is 0. The van der Waals surface area contributed by atoms with E-state index in [1.165, 1.54) is 18.2 Å². The third kappa shape index (κ3) is 4.23. The fourth-order valence-corrected chi connectivity index (χ4v) is 2.98. The third-order valence-corrected chi connectivity index (χ3v) is 4.60. The predicted octanol–water partition coefficient (Wildman–Crippen LogP) is 1.98. The molecule has 0 aromatic heterocycles. The molecule has 20 heavy (non-hydrogen) atoms. The Morgan fingerprint density at radius 1 is 1.50 bits per heavy atom. The van der Waals surface area contributed by atoms with Crippen LogP contribution in [0.25, 0.3) is 0 Å². The van der Waals surface area contributed by atoms with Crippen molar-refractivity contribution in [3.63, 3.8) is 0 Å². The van der Waals surface area contributed by atoms with Crippen molar-refractivity contribution in [1.82, 2.24) is 4.90 Å². The molecule has 0 radical (unpaired) electrons. The van der Waals surface area contributed by atoms with Crippen LogP contribution in [-0.4, -0.2) is 52.8 Å². The van der Waals surface area contributed by atoms with E-state index in [2.05, 4.69) is 4.90 Å². The van der Waals surface area contributed by atoms with Gasteiger partial charge in [0.15, 0.2) is 0 Å². The molecule has 0 amide bonds. The summed E-state index contributed by atoms with van der Waals surface area (Å²) in [7, 11) is 3.48. The van der Waals surface area contributed by atoms with Crippen molar-refractivity contribution in [2.24, 2.45) is 0 Å². The van der Waals surface area contributed by atoms with Gasteiger partial charge in [0.05, 0.1) is 16.5 Å². The van der Waals surface area contributed by atoms with E-state index >= 15 is 0 Å². The van der Waals surface area contributed by atoms with Crippen molar-refractivity contribution in [1.29, 1.82) is 0 Å². The van der Waals surface area contributed by atoms with Gasteiger partial charge in [-0.15, -0.1) is 0 Å². The fraction of sp³-hybridized carbons (Fsp3) is 0.500. The quantitative estimate of drug-likeness (QED) is 0.785. The van der Waals surface area contributed by atoms with Crippen molar-refractivity contribution in [2.75, 3.05) is 33.4 Å². The van der Waals surface area contributed by atoms with E-state index in [0.29, 0.717) is 19.0 Å². The average Bonchev–Trinajstić information content (AvgIpc) is 2.36. The molecule has 0 bridgehead atoms. The highest BCUT2D eigenvalue weighted by molar-refractivity contribution is 8.13. The molecule has 1 fully saturated rings. The van der Waals surface area contributed by atoms with Crippen LogP contribution in [0.15, 0.2) is 23.1 Å². The van der Waals surface area contributed by atoms with Gasteiger partial charge >= 0.3 is 0 Å². The van der Waals surface area contributed by atoms with E-state index < -0.39 is 9.05 Å². The minimum absolute atomic E-state index is 0.0266. The Morgan fingerprint density at radius 2 is 2.25 bits per heavy atom. The first-order valence-corrected chi connectivity index (χ1v) is 8.72. The molecule has 0 spiro atoms. The molecule has 1 heterocycles. The lowest BCUT2D eigenvalue weighted by atomic mass is 10.3. The lowest BCUT2D eigenvalue weighted by Crippen LogP contribution is -2.42. The van der Waals surface area contributed by atoms with Crippen LogP contribution >= 0.6 is 22.3 Å². The van der Waals surface area contributed by atoms with Gasteiger partial charge in [-0.25, -0.2) is 8.42 Å². The van der Waals surface area contributed by atoms with Gasteiger partial charge in [0, 0.05) is 23.8 Å². The van der Waals surface area contributed by atoms with Gasteiger partial charge in [0.1, 0.15) is 18.5 Å². The SMILES string of the molecule is CN1CCOC(COc2ccc(S(=O)(=O)Cl)cc2Cl)C1. The maximum absolute atomic E-state index is 11.2. The Balaban J connectivity index is 2.00. The molecule has 1 aliphatic rings. The first-order chi connectivity index (χ1) is 9.36. The van der Waals surface area contributed by atoms with E-state index in [1.807, 2.05) is 7.05 Å². The van der Waals surface area contributed by atoms with Gasteiger partial charge in [-0.1, -0.05) is 11.6 Å². The van der Waals surface area contributed by atoms with Crippen LogP contribution in [0.2, 0.25) is 5.02 Å². The molecule has 1 atom stereocenters. The molecule has 0 aliphatic carbocycles. The lowest BCUT2D eigenvalue weighted by Gasteiger charge is -2.29. The largest absolute Gasteiger partial charge is 0.489 e. The standard InChI is InChI=1S/C12H15Cl2NO4S/c1-15-4-5-18-9(7-15)8-19-12-3-2-10(6-11(12)13)20(14,16)17/h2-3,6,9H,4-5,7-8H2,1H3. The third-order valence-electron chi connectivity index (χ3n) is 2.95. The second-order valence-corrected chi connectivity index (χ2v) is 7.57. The molecule has 0 saturated carbocycles. The molecule has 5 nitrogen and oxygen atoms in total. The van der Waals surface area contributed by atoms with E-state index in [4.69, 9.17) is 31.8 Å². The van der Waals surface area contributed by atoms with Gasteiger partial charge in [0.2, 0.25) is 0 Å². The normalized spacial score (nSPS) is 20.9. The molecular weight excluding hydrogens is 325 g/mol. The summed E-state index contributed by atoms with van der Waals surface area (Å²) in [6.07, 6.45) is -0.0266. The van der Waals surface area contributed by atoms with Gasteiger partial charge in [-0.2, -0.15) is 0 Å². The first-order valence-electron chi connectivity index (χ1n) is 6.03. The number of rotatable bonds is 4. The highest BCUT2D eigenvalue weighted by Gasteiger charge is 2.19. The van der Waals surface area contributed by atoms with Crippen LogP contribution in [-0.2, 0) is 13.8 Å². The number of benzene rings is 1. The predicted molar refractivity (Wildman–Crippen MR) is 77.2 cm³/mol. The summed E-state index contributed by atoms with van der Waals surface area (Å²) in [6, 6.07) is 4.12. The molecule has 1 saturated heterocycles. The molecule has 112 valence electrons. The maximum atomic E-state index is 11.2. The van der Waals surface area contributed by atoms with Crippen molar-refractivity contribution < 1.29 is 17.9 Å². The zero-order chi connectivity index (χ0) is 14.8.